The molecule has 0 heterocycles. The van der Waals surface area contributed by atoms with Crippen molar-refractivity contribution in [2.45, 2.75) is 0 Å². The molecule has 54 heteroatoms. The van der Waals surface area contributed by atoms with Crippen molar-refractivity contribution in [1.82, 2.24) is 0 Å². The summed E-state index contributed by atoms with van der Waals surface area (Å²) >= 11 is -56.5. The summed E-state index contributed by atoms with van der Waals surface area (Å²) in [6.45, 7) is 0. The minimum absolute atomic E-state index is 2.24. The van der Waals surface area contributed by atoms with Gasteiger partial charge in [-0.2, -0.15) is 0 Å². The van der Waals surface area contributed by atoms with Gasteiger partial charge in [0.2, 0.25) is 0 Å². The molecular formula is C18H2O48Ru6. The Hall–Kier alpha value is -6.60. The van der Waals surface area contributed by atoms with Crippen molar-refractivity contribution in [3.63, 3.8) is 0 Å². The van der Waals surface area contributed by atoms with Gasteiger partial charge in [0.25, 0.3) is 0 Å². The van der Waals surface area contributed by atoms with Gasteiger partial charge in [0.05, 0.1) is 0 Å². The Morgan fingerprint density at radius 1 is 0.194 bits per heavy atom. The number of rotatable bonds is 31. The van der Waals surface area contributed by atoms with E-state index in [1.807, 2.05) is 0 Å². The second-order valence-electron chi connectivity index (χ2n) is 10.0. The molecular weight excluding hydrogens is 1590 g/mol. The average Bonchev–Trinajstić information content (AvgIpc) is 3.20. The molecule has 0 rings (SSSR count). The Labute approximate surface area is 382 Å². The van der Waals surface area contributed by atoms with Crippen LogP contribution in [0.1, 0.15) is 0 Å². The number of carbonyl (C=O) groups is 18. The molecule has 0 aromatic carbocycles. The van der Waals surface area contributed by atoms with Gasteiger partial charge in [-0.3, -0.25) is 0 Å². The van der Waals surface area contributed by atoms with Crippen molar-refractivity contribution in [2.75, 3.05) is 0 Å². The van der Waals surface area contributed by atoms with Crippen LogP contribution < -0.4 is 0 Å². The zero-order chi connectivity index (χ0) is 58.1. The van der Waals surface area contributed by atoms with Gasteiger partial charge >= 0.3 is 385 Å². The summed E-state index contributed by atoms with van der Waals surface area (Å²) in [6.07, 6.45) is 0. The van der Waals surface area contributed by atoms with Crippen molar-refractivity contribution in [3.8, 4) is 0 Å². The molecule has 0 unspecified atom stereocenters. The summed E-state index contributed by atoms with van der Waals surface area (Å²) < 4.78 is 238. The SMILES string of the molecule is O=C([O][Ru](=[O])(=[O])(=[O])[O][O][Ru](=[O])(=[O])(=[O])[O][O][Ru](=[O])(=[O])(=[O])[OH])C(=O)C(=O)C(=O)C(=O)C(=O)C(=O)C(=O)C(=O)C(=O)C(=O)C(=O)C(=O)C(=O)C(=O)C(=O)C(=O)C(=O)[O][Ru](=[O])(=[O])(=[O])[O][O][Ru](=[O])(=[O])(=[O])[O][O][Ru](=[O])(=[O])(=[O])[OH]. The number of hydrogen-bond donors (Lipinski definition) is 2. The molecule has 0 aromatic rings. The molecule has 0 saturated carbocycles. The minimum atomic E-state index is -9.79. The van der Waals surface area contributed by atoms with Gasteiger partial charge in [0.15, 0.2) is 0 Å². The van der Waals surface area contributed by atoms with Crippen molar-refractivity contribution in [3.05, 3.63) is 0 Å². The predicted octanol–water partition coefficient (Wildman–Crippen LogP) is -11.7. The Balaban J connectivity index is 5.95. The molecule has 48 nitrogen and oxygen atoms in total. The van der Waals surface area contributed by atoms with E-state index in [-0.39, 0.29) is 0 Å². The van der Waals surface area contributed by atoms with E-state index in [0.29, 0.717) is 0 Å². The summed E-state index contributed by atoms with van der Waals surface area (Å²) in [5.74, 6) is -62.6. The predicted molar refractivity (Wildman–Crippen MR) is 118 cm³/mol. The number of hydrogen-bond acceptors (Lipinski definition) is 46. The van der Waals surface area contributed by atoms with Gasteiger partial charge < -0.3 is 0 Å². The molecule has 0 aliphatic carbocycles. The van der Waals surface area contributed by atoms with Crippen molar-refractivity contribution in [2.24, 2.45) is 0 Å². The molecule has 72 heavy (non-hydrogen) atoms. The van der Waals surface area contributed by atoms with Gasteiger partial charge in [-0.1, -0.05) is 0 Å². The molecule has 2 N–H and O–H groups in total. The zero-order valence-electron chi connectivity index (χ0n) is 30.8. The third-order valence-electron chi connectivity index (χ3n) is 4.69. The fourth-order valence-electron chi connectivity index (χ4n) is 2.23. The van der Waals surface area contributed by atoms with Crippen molar-refractivity contribution >= 4 is 104 Å². The molecule has 410 valence electrons. The van der Waals surface area contributed by atoms with Crippen LogP contribution in [0, 0.1) is 0 Å². The van der Waals surface area contributed by atoms with Gasteiger partial charge in [0.1, 0.15) is 0 Å². The second kappa shape index (κ2) is 18.8. The molecule has 0 amide bonds. The standard InChI is InChI=1S/C18H2O20.4O2.2H2O.18O.6Ru/c19-1(3(21)5(23)7(25)9(27)11(29)13(31)15(33)17(35)36)2(20)4(22)6(24)8(26)10(28)12(30)14(32)16(34)18(37)38;4*1-2;;;;;;;;;;;;;;;;;;;;;;;;;;/h(H,35,36)(H,37,38);;;;;2*1H2;;;;;;;;;;;;;;;;;;;;;;;;/q;4*-2;;;;;;;;;;;;;;;;;;;;;6*+2/p-4. The molecule has 0 radical (unpaired) electrons. The summed E-state index contributed by atoms with van der Waals surface area (Å²) in [4.78, 5) is 213. The van der Waals surface area contributed by atoms with E-state index in [0.717, 1.165) is 0 Å². The van der Waals surface area contributed by atoms with E-state index in [1.54, 1.807) is 0 Å². The van der Waals surface area contributed by atoms with E-state index >= 15 is 0 Å². The monoisotopic (exact) mass is 1600 g/mol. The summed E-state index contributed by atoms with van der Waals surface area (Å²) in [5, 5.41) is 0. The Bertz CT molecular complexity index is 3920. The quantitative estimate of drug-likeness (QED) is 0.0214. The third kappa shape index (κ3) is 20.6. The maximum atomic E-state index is 11.9. The van der Waals surface area contributed by atoms with Gasteiger partial charge in [-0.25, -0.2) is 0 Å². The van der Waals surface area contributed by atoms with Gasteiger partial charge in [0, 0.05) is 0 Å². The second-order valence-corrected chi connectivity index (χ2v) is 30.7. The molecule has 0 aromatic heterocycles. The van der Waals surface area contributed by atoms with E-state index in [9.17, 15) is 151 Å². The zero-order valence-corrected chi connectivity index (χ0v) is 41.2. The van der Waals surface area contributed by atoms with E-state index in [1.165, 1.54) is 0 Å². The van der Waals surface area contributed by atoms with Crippen LogP contribution in [-0.2, 0) is 272 Å². The molecule has 0 bridgehead atoms. The van der Waals surface area contributed by atoms with Crippen molar-refractivity contribution in [1.29, 1.82) is 0 Å². The molecule has 0 atom stereocenters. The number of Topliss-reactive ketones (excluding diaryl/α,β-unsaturated/α-hetero) is 16. The summed E-state index contributed by atoms with van der Waals surface area (Å²) in [7, 11) is 0. The fourth-order valence-corrected chi connectivity index (χ4v) is 13.1. The molecule has 0 saturated heterocycles. The van der Waals surface area contributed by atoms with E-state index < -0.39 is 190 Å². The van der Waals surface area contributed by atoms with Gasteiger partial charge in [-0.15, -0.1) is 0 Å². The van der Waals surface area contributed by atoms with Crippen LogP contribution in [0.5, 0.6) is 0 Å². The van der Waals surface area contributed by atoms with Gasteiger partial charge in [-0.05, 0) is 0 Å². The van der Waals surface area contributed by atoms with Crippen LogP contribution in [0.15, 0.2) is 0 Å². The third-order valence-corrected chi connectivity index (χ3v) is 13.1. The van der Waals surface area contributed by atoms with E-state index in [4.69, 9.17) is 7.87 Å². The average molecular weight is 1590 g/mol. The maximum absolute atomic E-state index is 11.9. The van der Waals surface area contributed by atoms with E-state index in [2.05, 4.69) is 36.8 Å². The Morgan fingerprint density at radius 3 is 0.472 bits per heavy atom. The van der Waals surface area contributed by atoms with Crippen LogP contribution in [0.3, 0.4) is 0 Å². The van der Waals surface area contributed by atoms with Crippen LogP contribution in [0.4, 0.5) is 0 Å². The first-order valence-electron chi connectivity index (χ1n) is 13.4. The number of ketones is 16. The first-order chi connectivity index (χ1) is 31.0. The fraction of sp³-hybridized carbons (Fsp3) is 0. The van der Waals surface area contributed by atoms with Crippen molar-refractivity contribution < 1.29 is 280 Å². The Kier molecular flexibility index (Phi) is 17.1. The normalized spacial score (nSPS) is 15.5. The molecule has 0 aliphatic rings. The first-order valence-corrected chi connectivity index (χ1v) is 34.8. The topological polar surface area (TPSA) is 747 Å². The first kappa shape index (κ1) is 65.4. The van der Waals surface area contributed by atoms with Crippen LogP contribution in [0.2, 0.25) is 0 Å². The molecule has 0 spiro atoms. The van der Waals surface area contributed by atoms with Crippen LogP contribution in [0.25, 0.3) is 0 Å². The van der Waals surface area contributed by atoms with Crippen LogP contribution >= 0.6 is 0 Å². The molecule has 0 aliphatic heterocycles. The summed E-state index contributed by atoms with van der Waals surface area (Å²) in [6, 6.07) is 0. The Morgan fingerprint density at radius 2 is 0.319 bits per heavy atom. The molecule has 0 fully saturated rings. The number of carbonyl (C=O) groups excluding carboxylic acids is 18. The summed E-state index contributed by atoms with van der Waals surface area (Å²) in [5.41, 5.74) is 0. The van der Waals surface area contributed by atoms with Crippen LogP contribution in [-0.4, -0.2) is 112 Å².